The van der Waals surface area contributed by atoms with Crippen molar-refractivity contribution in [2.45, 2.75) is 32.9 Å². The number of nitrogens with zero attached hydrogens (tertiary/aromatic N) is 3. The average molecular weight is 375 g/mol. The molecule has 0 aliphatic carbocycles. The molecule has 1 aromatic heterocycles. The maximum Gasteiger partial charge on any atom is 0.306 e. The summed E-state index contributed by atoms with van der Waals surface area (Å²) in [5.41, 5.74) is 2.11. The maximum atomic E-state index is 11.0. The van der Waals surface area contributed by atoms with Crippen molar-refractivity contribution < 1.29 is 14.3 Å². The van der Waals surface area contributed by atoms with Gasteiger partial charge in [-0.2, -0.15) is 11.8 Å². The zero-order valence-electron chi connectivity index (χ0n) is 15.3. The molecule has 0 aliphatic heterocycles. The van der Waals surface area contributed by atoms with Gasteiger partial charge in [-0.1, -0.05) is 35.1 Å². The molecular weight excluding hydrogens is 350 g/mol. The third-order valence-corrected chi connectivity index (χ3v) is 4.57. The first-order valence-electron chi connectivity index (χ1n) is 8.54. The lowest BCUT2D eigenvalue weighted by Crippen LogP contribution is -2.01. The molecule has 0 unspecified atom stereocenters. The lowest BCUT2D eigenvalue weighted by Gasteiger charge is -2.03. The molecule has 0 fully saturated rings. The molecule has 7 heteroatoms. The molecule has 6 nitrogen and oxygen atoms in total. The fraction of sp³-hybridized carbons (Fsp3) is 0.421. The van der Waals surface area contributed by atoms with Crippen LogP contribution in [0.1, 0.15) is 25.5 Å². The molecule has 0 spiro atoms. The minimum Gasteiger partial charge on any atom is -0.487 e. The minimum absolute atomic E-state index is 0.156. The van der Waals surface area contributed by atoms with Gasteiger partial charge in [-0.25, -0.2) is 0 Å². The summed E-state index contributed by atoms with van der Waals surface area (Å²) in [7, 11) is 1.42. The van der Waals surface area contributed by atoms with E-state index in [1.807, 2.05) is 41.2 Å². The molecule has 0 saturated carbocycles. The van der Waals surface area contributed by atoms with Crippen LogP contribution in [0, 0.1) is 0 Å². The van der Waals surface area contributed by atoms with E-state index in [-0.39, 0.29) is 5.97 Å². The molecule has 0 atom stereocenters. The Balaban J connectivity index is 1.65. The monoisotopic (exact) mass is 375 g/mol. The number of aryl methyl sites for hydroxylation is 1. The zero-order valence-corrected chi connectivity index (χ0v) is 16.1. The van der Waals surface area contributed by atoms with E-state index in [1.165, 1.54) is 12.7 Å². The fourth-order valence-corrected chi connectivity index (χ4v) is 3.00. The highest BCUT2D eigenvalue weighted by Crippen LogP contribution is 2.11. The smallest absolute Gasteiger partial charge is 0.306 e. The number of allylic oxidation sites excluding steroid dienone is 1. The van der Waals surface area contributed by atoms with Crippen molar-refractivity contribution in [1.29, 1.82) is 0 Å². The Morgan fingerprint density at radius 3 is 2.85 bits per heavy atom. The van der Waals surface area contributed by atoms with Gasteiger partial charge in [-0.05, 0) is 25.5 Å². The van der Waals surface area contributed by atoms with Gasteiger partial charge in [-0.3, -0.25) is 9.48 Å². The number of para-hydroxylation sites is 1. The number of carbonyl (C=O) groups is 1. The standard InChI is InChI=1S/C19H25N3O3S/c1-16(9-12-26-13-10-19(23)24-2)8-11-22-14-17(20-21-22)15-25-18-6-4-3-5-7-18/h3-7,9,14H,8,10-13,15H2,1-2H3/b16-9+. The van der Waals surface area contributed by atoms with Gasteiger partial charge >= 0.3 is 5.97 Å². The molecular formula is C19H25N3O3S. The highest BCUT2D eigenvalue weighted by molar-refractivity contribution is 7.99. The van der Waals surface area contributed by atoms with Gasteiger partial charge in [0.1, 0.15) is 18.1 Å². The van der Waals surface area contributed by atoms with Crippen LogP contribution in [0.3, 0.4) is 0 Å². The van der Waals surface area contributed by atoms with E-state index in [0.717, 1.165) is 35.9 Å². The van der Waals surface area contributed by atoms with Gasteiger partial charge in [0.05, 0.1) is 19.7 Å². The molecule has 0 N–H and O–H groups in total. The number of esters is 1. The number of hydrogen-bond acceptors (Lipinski definition) is 6. The van der Waals surface area contributed by atoms with Crippen molar-refractivity contribution in [1.82, 2.24) is 15.0 Å². The van der Waals surface area contributed by atoms with E-state index < -0.39 is 0 Å². The third kappa shape index (κ3) is 7.74. The molecule has 140 valence electrons. The molecule has 0 saturated heterocycles. The van der Waals surface area contributed by atoms with Gasteiger partial charge in [-0.15, -0.1) is 5.10 Å². The Kier molecular flexibility index (Phi) is 8.75. The van der Waals surface area contributed by atoms with E-state index in [1.54, 1.807) is 11.8 Å². The Bertz CT molecular complexity index is 701. The molecule has 0 bridgehead atoms. The average Bonchev–Trinajstić information content (AvgIpc) is 3.13. The van der Waals surface area contributed by atoms with E-state index in [4.69, 9.17) is 4.74 Å². The van der Waals surface area contributed by atoms with E-state index in [9.17, 15) is 4.79 Å². The van der Waals surface area contributed by atoms with Crippen LogP contribution < -0.4 is 4.74 Å². The Hall–Kier alpha value is -2.28. The van der Waals surface area contributed by atoms with Crippen molar-refractivity contribution >= 4 is 17.7 Å². The second-order valence-corrected chi connectivity index (χ2v) is 6.93. The maximum absolute atomic E-state index is 11.0. The fourth-order valence-electron chi connectivity index (χ4n) is 2.12. The summed E-state index contributed by atoms with van der Waals surface area (Å²) in [6.45, 7) is 3.31. The SMILES string of the molecule is COC(=O)CCSC/C=C(\C)CCn1cc(COc2ccccc2)nn1. The molecule has 0 radical (unpaired) electrons. The summed E-state index contributed by atoms with van der Waals surface area (Å²) in [5, 5.41) is 8.28. The largest absolute Gasteiger partial charge is 0.487 e. The molecule has 0 aliphatic rings. The van der Waals surface area contributed by atoms with Crippen LogP contribution in [0.5, 0.6) is 5.75 Å². The summed E-state index contributed by atoms with van der Waals surface area (Å²) in [5.74, 6) is 2.35. The normalized spacial score (nSPS) is 11.4. The second kappa shape index (κ2) is 11.4. The predicted molar refractivity (Wildman–Crippen MR) is 103 cm³/mol. The van der Waals surface area contributed by atoms with Crippen LogP contribution in [0.25, 0.3) is 0 Å². The Morgan fingerprint density at radius 1 is 1.27 bits per heavy atom. The summed E-state index contributed by atoms with van der Waals surface area (Å²) in [4.78, 5) is 11.0. The Morgan fingerprint density at radius 2 is 2.08 bits per heavy atom. The van der Waals surface area contributed by atoms with Crippen molar-refractivity contribution in [3.63, 3.8) is 0 Å². The number of aromatic nitrogens is 3. The summed E-state index contributed by atoms with van der Waals surface area (Å²) in [6, 6.07) is 9.67. The predicted octanol–water partition coefficient (Wildman–Crippen LogP) is 3.49. The van der Waals surface area contributed by atoms with Crippen LogP contribution in [0.2, 0.25) is 0 Å². The number of hydrogen-bond donors (Lipinski definition) is 0. The summed E-state index contributed by atoms with van der Waals surface area (Å²) in [6.07, 6.45) is 5.49. The van der Waals surface area contributed by atoms with Crippen LogP contribution in [-0.4, -0.2) is 39.6 Å². The van der Waals surface area contributed by atoms with Crippen LogP contribution in [0.15, 0.2) is 48.2 Å². The first-order chi connectivity index (χ1) is 12.7. The molecule has 26 heavy (non-hydrogen) atoms. The Labute approximate surface area is 158 Å². The molecule has 2 aromatic rings. The van der Waals surface area contributed by atoms with Gasteiger partial charge < -0.3 is 9.47 Å². The topological polar surface area (TPSA) is 66.2 Å². The zero-order chi connectivity index (χ0) is 18.6. The van der Waals surface area contributed by atoms with E-state index in [0.29, 0.717) is 13.0 Å². The van der Waals surface area contributed by atoms with E-state index >= 15 is 0 Å². The highest BCUT2D eigenvalue weighted by atomic mass is 32.2. The highest BCUT2D eigenvalue weighted by Gasteiger charge is 2.03. The number of benzene rings is 1. The minimum atomic E-state index is -0.156. The summed E-state index contributed by atoms with van der Waals surface area (Å²) < 4.78 is 12.1. The first-order valence-corrected chi connectivity index (χ1v) is 9.70. The van der Waals surface area contributed by atoms with Crippen molar-refractivity contribution in [3.8, 4) is 5.75 Å². The van der Waals surface area contributed by atoms with Gasteiger partial charge in [0.2, 0.25) is 0 Å². The number of thioether (sulfide) groups is 1. The number of ether oxygens (including phenoxy) is 2. The van der Waals surface area contributed by atoms with Crippen molar-refractivity contribution in [3.05, 3.63) is 53.9 Å². The lowest BCUT2D eigenvalue weighted by molar-refractivity contribution is -0.140. The van der Waals surface area contributed by atoms with Crippen molar-refractivity contribution in [2.24, 2.45) is 0 Å². The lowest BCUT2D eigenvalue weighted by atomic mass is 10.2. The van der Waals surface area contributed by atoms with Crippen molar-refractivity contribution in [2.75, 3.05) is 18.6 Å². The van der Waals surface area contributed by atoms with E-state index in [2.05, 4.69) is 28.0 Å². The molecule has 2 rings (SSSR count). The second-order valence-electron chi connectivity index (χ2n) is 5.78. The van der Waals surface area contributed by atoms with Crippen LogP contribution >= 0.6 is 11.8 Å². The van der Waals surface area contributed by atoms with Crippen LogP contribution in [0.4, 0.5) is 0 Å². The molecule has 0 amide bonds. The number of rotatable bonds is 11. The first kappa shape index (κ1) is 20.0. The van der Waals surface area contributed by atoms with Gasteiger partial charge in [0.25, 0.3) is 0 Å². The molecule has 1 heterocycles. The van der Waals surface area contributed by atoms with Crippen LogP contribution in [-0.2, 0) is 22.7 Å². The summed E-state index contributed by atoms with van der Waals surface area (Å²) >= 11 is 1.73. The third-order valence-electron chi connectivity index (χ3n) is 3.68. The quantitative estimate of drug-likeness (QED) is 0.340. The number of carbonyl (C=O) groups excluding carboxylic acids is 1. The van der Waals surface area contributed by atoms with Gasteiger partial charge in [0, 0.05) is 18.1 Å². The van der Waals surface area contributed by atoms with Gasteiger partial charge in [0.15, 0.2) is 0 Å². The number of methoxy groups -OCH3 is 1. The molecule has 1 aromatic carbocycles.